The Kier molecular flexibility index (Phi) is 32.8. The molecule has 0 saturated heterocycles. The van der Waals surface area contributed by atoms with E-state index in [0.29, 0.717) is 12.2 Å². The van der Waals surface area contributed by atoms with Crippen LogP contribution in [0.5, 0.6) is 0 Å². The average molecular weight is 579 g/mol. The maximum absolute atomic E-state index is 6.43. The van der Waals surface area contributed by atoms with E-state index >= 15 is 0 Å². The molecular formula is C40H82O. The van der Waals surface area contributed by atoms with Crippen LogP contribution >= 0.6 is 0 Å². The number of hydrogen-bond acceptors (Lipinski definition) is 1. The molecule has 0 saturated carbocycles. The van der Waals surface area contributed by atoms with Crippen molar-refractivity contribution in [2.24, 2.45) is 11.8 Å². The van der Waals surface area contributed by atoms with E-state index < -0.39 is 0 Å². The average Bonchev–Trinajstić information content (AvgIpc) is 2.93. The highest BCUT2D eigenvalue weighted by atomic mass is 16.5. The Morgan fingerprint density at radius 1 is 0.317 bits per heavy atom. The SMILES string of the molecule is CCCCCCCCCCCCCCCC(C)CC(C)OC(C)CC(C)CCCCCCCCCCCCCCC. The van der Waals surface area contributed by atoms with Gasteiger partial charge in [0.1, 0.15) is 0 Å². The smallest absolute Gasteiger partial charge is 0.0553 e. The molecule has 41 heavy (non-hydrogen) atoms. The van der Waals surface area contributed by atoms with Crippen LogP contribution in [0.4, 0.5) is 0 Å². The highest BCUT2D eigenvalue weighted by molar-refractivity contribution is 4.65. The molecule has 4 atom stereocenters. The van der Waals surface area contributed by atoms with E-state index in [0.717, 1.165) is 11.8 Å². The Morgan fingerprint density at radius 3 is 0.780 bits per heavy atom. The largest absolute Gasteiger partial charge is 0.376 e. The minimum Gasteiger partial charge on any atom is -0.376 e. The lowest BCUT2D eigenvalue weighted by atomic mass is 9.95. The highest BCUT2D eigenvalue weighted by Crippen LogP contribution is 2.22. The van der Waals surface area contributed by atoms with Crippen molar-refractivity contribution in [2.75, 3.05) is 0 Å². The van der Waals surface area contributed by atoms with E-state index in [1.165, 1.54) is 193 Å². The van der Waals surface area contributed by atoms with Gasteiger partial charge in [-0.15, -0.1) is 0 Å². The molecule has 1 nitrogen and oxygen atoms in total. The first-order valence-electron chi connectivity index (χ1n) is 19.6. The van der Waals surface area contributed by atoms with E-state index in [9.17, 15) is 0 Å². The van der Waals surface area contributed by atoms with Crippen molar-refractivity contribution in [3.8, 4) is 0 Å². The van der Waals surface area contributed by atoms with Crippen molar-refractivity contribution in [1.29, 1.82) is 0 Å². The Labute approximate surface area is 262 Å². The van der Waals surface area contributed by atoms with Gasteiger partial charge in [-0.25, -0.2) is 0 Å². The molecule has 248 valence electrons. The van der Waals surface area contributed by atoms with Crippen LogP contribution < -0.4 is 0 Å². The van der Waals surface area contributed by atoms with Gasteiger partial charge in [-0.1, -0.05) is 207 Å². The molecule has 0 fully saturated rings. The molecule has 0 aliphatic carbocycles. The lowest BCUT2D eigenvalue weighted by molar-refractivity contribution is -0.0146. The zero-order valence-corrected chi connectivity index (χ0v) is 29.9. The quantitative estimate of drug-likeness (QED) is 0.0690. The van der Waals surface area contributed by atoms with Gasteiger partial charge in [-0.2, -0.15) is 0 Å². The standard InChI is InChI=1S/C40H82O/c1-7-9-11-13-15-17-19-21-23-25-27-29-31-33-37(3)35-39(5)41-40(6)36-38(4)34-32-30-28-26-24-22-20-18-16-14-12-10-8-2/h37-40H,7-36H2,1-6H3. The van der Waals surface area contributed by atoms with Crippen LogP contribution in [0, 0.1) is 11.8 Å². The molecule has 1 heteroatoms. The Bertz CT molecular complexity index is 431. The third-order valence-corrected chi connectivity index (χ3v) is 9.53. The predicted molar refractivity (Wildman–Crippen MR) is 188 cm³/mol. The van der Waals surface area contributed by atoms with Crippen molar-refractivity contribution >= 4 is 0 Å². The van der Waals surface area contributed by atoms with Crippen molar-refractivity contribution in [1.82, 2.24) is 0 Å². The molecule has 0 aliphatic rings. The maximum Gasteiger partial charge on any atom is 0.0553 e. The van der Waals surface area contributed by atoms with E-state index in [1.807, 2.05) is 0 Å². The van der Waals surface area contributed by atoms with Gasteiger partial charge >= 0.3 is 0 Å². The fourth-order valence-corrected chi connectivity index (χ4v) is 6.90. The summed E-state index contributed by atoms with van der Waals surface area (Å²) < 4.78 is 6.43. The molecule has 0 heterocycles. The maximum atomic E-state index is 6.43. The molecule has 0 aliphatic heterocycles. The number of unbranched alkanes of at least 4 members (excludes halogenated alkanes) is 24. The van der Waals surface area contributed by atoms with Gasteiger partial charge in [0.25, 0.3) is 0 Å². The second-order valence-electron chi connectivity index (χ2n) is 14.5. The molecule has 0 aromatic rings. The normalized spacial score (nSPS) is 14.8. The summed E-state index contributed by atoms with van der Waals surface area (Å²) in [4.78, 5) is 0. The summed E-state index contributed by atoms with van der Waals surface area (Å²) in [5, 5.41) is 0. The van der Waals surface area contributed by atoms with Crippen LogP contribution in [0.1, 0.15) is 234 Å². The fourth-order valence-electron chi connectivity index (χ4n) is 6.90. The summed E-state index contributed by atoms with van der Waals surface area (Å²) in [5.74, 6) is 1.60. The Morgan fingerprint density at radius 2 is 0.537 bits per heavy atom. The van der Waals surface area contributed by atoms with E-state index in [-0.39, 0.29) is 0 Å². The molecule has 0 amide bonds. The minimum absolute atomic E-state index is 0.408. The molecule has 0 spiro atoms. The van der Waals surface area contributed by atoms with Crippen LogP contribution in [0.2, 0.25) is 0 Å². The van der Waals surface area contributed by atoms with Crippen LogP contribution in [-0.2, 0) is 4.74 Å². The first kappa shape index (κ1) is 41.0. The molecule has 0 rings (SSSR count). The monoisotopic (exact) mass is 579 g/mol. The van der Waals surface area contributed by atoms with Crippen molar-refractivity contribution < 1.29 is 4.74 Å². The molecule has 0 bridgehead atoms. The molecule has 0 aromatic carbocycles. The number of ether oxygens (including phenoxy) is 1. The molecular weight excluding hydrogens is 496 g/mol. The van der Waals surface area contributed by atoms with Gasteiger partial charge < -0.3 is 4.74 Å². The van der Waals surface area contributed by atoms with Gasteiger partial charge in [0.2, 0.25) is 0 Å². The third-order valence-electron chi connectivity index (χ3n) is 9.53. The minimum atomic E-state index is 0.408. The zero-order valence-electron chi connectivity index (χ0n) is 29.9. The second-order valence-corrected chi connectivity index (χ2v) is 14.5. The van der Waals surface area contributed by atoms with Gasteiger partial charge in [-0.3, -0.25) is 0 Å². The van der Waals surface area contributed by atoms with Crippen LogP contribution in [0.15, 0.2) is 0 Å². The molecule has 0 N–H and O–H groups in total. The summed E-state index contributed by atoms with van der Waals surface area (Å²) in [7, 11) is 0. The highest BCUT2D eigenvalue weighted by Gasteiger charge is 2.15. The van der Waals surface area contributed by atoms with Crippen molar-refractivity contribution in [3.63, 3.8) is 0 Å². The predicted octanol–water partition coefficient (Wildman–Crippen LogP) is 14.8. The van der Waals surface area contributed by atoms with Crippen LogP contribution in [0.25, 0.3) is 0 Å². The molecule has 0 radical (unpaired) electrons. The lowest BCUT2D eigenvalue weighted by Gasteiger charge is -2.24. The molecule has 4 unspecified atom stereocenters. The van der Waals surface area contributed by atoms with Gasteiger partial charge in [0, 0.05) is 0 Å². The summed E-state index contributed by atoms with van der Waals surface area (Å²) in [6.07, 6.45) is 43.7. The van der Waals surface area contributed by atoms with Gasteiger partial charge in [0.05, 0.1) is 12.2 Å². The van der Waals surface area contributed by atoms with Gasteiger partial charge in [0.15, 0.2) is 0 Å². The lowest BCUT2D eigenvalue weighted by Crippen LogP contribution is -2.21. The first-order chi connectivity index (χ1) is 20.0. The Hall–Kier alpha value is -0.0400. The van der Waals surface area contributed by atoms with Crippen LogP contribution in [0.3, 0.4) is 0 Å². The molecule has 0 aromatic heterocycles. The topological polar surface area (TPSA) is 9.23 Å². The first-order valence-corrected chi connectivity index (χ1v) is 19.6. The van der Waals surface area contributed by atoms with E-state index in [1.54, 1.807) is 0 Å². The number of rotatable bonds is 34. The van der Waals surface area contributed by atoms with E-state index in [2.05, 4.69) is 41.5 Å². The fraction of sp³-hybridized carbons (Fsp3) is 1.00. The van der Waals surface area contributed by atoms with Crippen LogP contribution in [-0.4, -0.2) is 12.2 Å². The van der Waals surface area contributed by atoms with Crippen molar-refractivity contribution in [2.45, 2.75) is 246 Å². The van der Waals surface area contributed by atoms with Gasteiger partial charge in [-0.05, 0) is 38.5 Å². The second kappa shape index (κ2) is 32.9. The summed E-state index contributed by atoms with van der Waals surface area (Å²) >= 11 is 0. The summed E-state index contributed by atoms with van der Waals surface area (Å²) in [6.45, 7) is 14.1. The third kappa shape index (κ3) is 32.7. The van der Waals surface area contributed by atoms with Crippen molar-refractivity contribution in [3.05, 3.63) is 0 Å². The zero-order chi connectivity index (χ0) is 30.2. The summed E-state index contributed by atoms with van der Waals surface area (Å²) in [6, 6.07) is 0. The Balaban J connectivity index is 3.51. The summed E-state index contributed by atoms with van der Waals surface area (Å²) in [5.41, 5.74) is 0. The number of hydrogen-bond donors (Lipinski definition) is 0. The van der Waals surface area contributed by atoms with E-state index in [4.69, 9.17) is 4.74 Å².